The second kappa shape index (κ2) is 7.37. The molecule has 1 fully saturated rings. The number of aliphatic hydroxyl groups is 1. The smallest absolute Gasteiger partial charge is 0.232 e. The molecular formula is C21H34N2O3S. The third-order valence-electron chi connectivity index (χ3n) is 6.24. The first-order valence-electron chi connectivity index (χ1n) is 9.99. The van der Waals surface area contributed by atoms with Crippen molar-refractivity contribution in [1.29, 1.82) is 0 Å². The zero-order chi connectivity index (χ0) is 20.0. The number of anilines is 1. The second-order valence-corrected chi connectivity index (χ2v) is 11.3. The summed E-state index contributed by atoms with van der Waals surface area (Å²) < 4.78 is 25.6. The largest absolute Gasteiger partial charge is 0.387 e. The zero-order valence-corrected chi connectivity index (χ0v) is 18.1. The topological polar surface area (TPSA) is 60.9 Å². The average molecular weight is 395 g/mol. The predicted molar refractivity (Wildman–Crippen MR) is 111 cm³/mol. The Balaban J connectivity index is 1.66. The maximum absolute atomic E-state index is 12.1. The summed E-state index contributed by atoms with van der Waals surface area (Å²) in [5, 5.41) is 10.7. The Bertz CT molecular complexity index is 777. The molecule has 1 aromatic carbocycles. The van der Waals surface area contributed by atoms with Gasteiger partial charge in [-0.15, -0.1) is 0 Å². The molecule has 2 atom stereocenters. The van der Waals surface area contributed by atoms with E-state index in [0.29, 0.717) is 18.4 Å². The van der Waals surface area contributed by atoms with Gasteiger partial charge in [-0.3, -0.25) is 4.31 Å². The number of rotatable bonds is 4. The summed E-state index contributed by atoms with van der Waals surface area (Å²) in [6.45, 7) is 11.6. The van der Waals surface area contributed by atoms with Gasteiger partial charge < -0.3 is 10.0 Å². The Kier molecular flexibility index (Phi) is 5.63. The van der Waals surface area contributed by atoms with Gasteiger partial charge in [0.15, 0.2) is 0 Å². The van der Waals surface area contributed by atoms with Gasteiger partial charge in [-0.1, -0.05) is 32.9 Å². The molecule has 0 aromatic heterocycles. The average Bonchev–Trinajstić information content (AvgIpc) is 2.89. The summed E-state index contributed by atoms with van der Waals surface area (Å²) in [6, 6.07) is 5.65. The van der Waals surface area contributed by atoms with Crippen LogP contribution < -0.4 is 4.31 Å². The molecule has 1 saturated heterocycles. The molecule has 1 aromatic rings. The maximum atomic E-state index is 12.1. The van der Waals surface area contributed by atoms with E-state index in [1.165, 1.54) is 23.4 Å². The minimum Gasteiger partial charge on any atom is -0.387 e. The Labute approximate surface area is 164 Å². The highest BCUT2D eigenvalue weighted by molar-refractivity contribution is 7.92. The van der Waals surface area contributed by atoms with Gasteiger partial charge >= 0.3 is 0 Å². The lowest BCUT2D eigenvalue weighted by Gasteiger charge is -2.39. The van der Waals surface area contributed by atoms with E-state index in [-0.39, 0.29) is 6.04 Å². The van der Waals surface area contributed by atoms with Crippen molar-refractivity contribution in [1.82, 2.24) is 4.90 Å². The number of aliphatic hydroxyl groups excluding tert-OH is 1. The van der Waals surface area contributed by atoms with Crippen molar-refractivity contribution in [2.24, 2.45) is 11.3 Å². The van der Waals surface area contributed by atoms with Crippen LogP contribution in [0.3, 0.4) is 0 Å². The van der Waals surface area contributed by atoms with Gasteiger partial charge in [-0.2, -0.15) is 0 Å². The fourth-order valence-electron chi connectivity index (χ4n) is 4.67. The third-order valence-corrected chi connectivity index (χ3v) is 7.51. The van der Waals surface area contributed by atoms with Gasteiger partial charge in [0.2, 0.25) is 10.0 Å². The van der Waals surface area contributed by atoms with Crippen molar-refractivity contribution in [3.8, 4) is 0 Å². The number of β-amino-alcohol motifs (C(OH)–C–C–N with tert-alkyl or cyclic N) is 1. The normalized spacial score (nSPS) is 23.5. The Morgan fingerprint density at radius 3 is 2.41 bits per heavy atom. The van der Waals surface area contributed by atoms with E-state index in [1.807, 2.05) is 25.1 Å². The summed E-state index contributed by atoms with van der Waals surface area (Å²) in [7, 11) is -3.28. The lowest BCUT2D eigenvalue weighted by Crippen LogP contribution is -2.39. The number of likely N-dealkylation sites (tertiary alicyclic amines) is 1. The van der Waals surface area contributed by atoms with E-state index in [2.05, 4.69) is 25.7 Å². The lowest BCUT2D eigenvalue weighted by molar-refractivity contribution is 0.0653. The summed E-state index contributed by atoms with van der Waals surface area (Å²) in [4.78, 5) is 2.35. The molecule has 0 unspecified atom stereocenters. The first-order chi connectivity index (χ1) is 12.5. The quantitative estimate of drug-likeness (QED) is 0.852. The third kappa shape index (κ3) is 4.49. The zero-order valence-electron chi connectivity index (χ0n) is 17.3. The lowest BCUT2D eigenvalue weighted by atomic mass is 9.75. The molecule has 3 rings (SSSR count). The van der Waals surface area contributed by atoms with Crippen LogP contribution in [0.2, 0.25) is 0 Å². The van der Waals surface area contributed by atoms with Gasteiger partial charge in [0.05, 0.1) is 18.0 Å². The van der Waals surface area contributed by atoms with Crippen molar-refractivity contribution < 1.29 is 13.5 Å². The van der Waals surface area contributed by atoms with E-state index in [4.69, 9.17) is 0 Å². The molecule has 0 amide bonds. The van der Waals surface area contributed by atoms with Crippen LogP contribution in [0.15, 0.2) is 18.2 Å². The molecule has 2 heterocycles. The van der Waals surface area contributed by atoms with Gasteiger partial charge in [0, 0.05) is 12.6 Å². The standard InChI is InChI=1S/C21H34N2O3S/c1-15-12-17-13-16(6-7-19(17)23(15)27(5,25)26)20(24)14-22-10-8-18(9-11-22)21(2,3)4/h6-7,13,15,18,20,24H,8-12,14H2,1-5H3/t15-,20+/m1/s1. The predicted octanol–water partition coefficient (Wildman–Crippen LogP) is 3.19. The fraction of sp³-hybridized carbons (Fsp3) is 0.714. The Morgan fingerprint density at radius 1 is 1.22 bits per heavy atom. The fourth-order valence-corrected chi connectivity index (χ4v) is 5.93. The number of hydrogen-bond donors (Lipinski definition) is 1. The number of hydrogen-bond acceptors (Lipinski definition) is 4. The number of benzene rings is 1. The highest BCUT2D eigenvalue weighted by Crippen LogP contribution is 2.37. The van der Waals surface area contributed by atoms with Crippen molar-refractivity contribution in [3.63, 3.8) is 0 Å². The van der Waals surface area contributed by atoms with Gasteiger partial charge in [-0.25, -0.2) is 8.42 Å². The van der Waals surface area contributed by atoms with E-state index in [1.54, 1.807) is 0 Å². The molecule has 0 radical (unpaired) electrons. The number of nitrogens with zero attached hydrogens (tertiary/aromatic N) is 2. The highest BCUT2D eigenvalue weighted by Gasteiger charge is 2.33. The van der Waals surface area contributed by atoms with Gasteiger partial charge in [0.1, 0.15) is 0 Å². The van der Waals surface area contributed by atoms with E-state index in [0.717, 1.165) is 35.8 Å². The van der Waals surface area contributed by atoms with Gasteiger partial charge in [-0.05, 0) is 67.8 Å². The molecule has 2 aliphatic rings. The number of piperidine rings is 1. The molecule has 2 aliphatic heterocycles. The Morgan fingerprint density at radius 2 is 1.85 bits per heavy atom. The van der Waals surface area contributed by atoms with Crippen molar-refractivity contribution in [2.45, 2.75) is 59.1 Å². The molecule has 0 aliphatic carbocycles. The molecule has 152 valence electrons. The van der Waals surface area contributed by atoms with E-state index < -0.39 is 16.1 Å². The molecule has 27 heavy (non-hydrogen) atoms. The van der Waals surface area contributed by atoms with Crippen LogP contribution in [-0.2, 0) is 16.4 Å². The first kappa shape index (κ1) is 20.6. The van der Waals surface area contributed by atoms with Crippen LogP contribution in [0.5, 0.6) is 0 Å². The molecule has 0 spiro atoms. The summed E-state index contributed by atoms with van der Waals surface area (Å²) in [6.07, 6.45) is 3.77. The molecule has 0 bridgehead atoms. The summed E-state index contributed by atoms with van der Waals surface area (Å²) in [5.41, 5.74) is 3.00. The minimum absolute atomic E-state index is 0.0705. The van der Waals surface area contributed by atoms with E-state index >= 15 is 0 Å². The SMILES string of the molecule is C[C@@H]1Cc2cc([C@@H](O)CN3CCC(C(C)(C)C)CC3)ccc2N1S(C)(=O)=O. The van der Waals surface area contributed by atoms with Crippen LogP contribution in [0.1, 0.15) is 57.8 Å². The monoisotopic (exact) mass is 394 g/mol. The van der Waals surface area contributed by atoms with Crippen molar-refractivity contribution >= 4 is 15.7 Å². The van der Waals surface area contributed by atoms with Gasteiger partial charge in [0.25, 0.3) is 0 Å². The van der Waals surface area contributed by atoms with Crippen LogP contribution in [-0.4, -0.2) is 50.4 Å². The Hall–Kier alpha value is -1.11. The minimum atomic E-state index is -3.28. The summed E-state index contributed by atoms with van der Waals surface area (Å²) >= 11 is 0. The second-order valence-electron chi connectivity index (χ2n) is 9.46. The van der Waals surface area contributed by atoms with Crippen LogP contribution >= 0.6 is 0 Å². The van der Waals surface area contributed by atoms with Crippen LogP contribution in [0.4, 0.5) is 5.69 Å². The number of fused-ring (bicyclic) bond motifs is 1. The number of sulfonamides is 1. The molecule has 1 N–H and O–H groups in total. The highest BCUT2D eigenvalue weighted by atomic mass is 32.2. The van der Waals surface area contributed by atoms with Crippen LogP contribution in [0.25, 0.3) is 0 Å². The van der Waals surface area contributed by atoms with Crippen LogP contribution in [0, 0.1) is 11.3 Å². The first-order valence-corrected chi connectivity index (χ1v) is 11.8. The molecule has 5 nitrogen and oxygen atoms in total. The molecule has 0 saturated carbocycles. The van der Waals surface area contributed by atoms with E-state index in [9.17, 15) is 13.5 Å². The van der Waals surface area contributed by atoms with Crippen molar-refractivity contribution in [2.75, 3.05) is 30.2 Å². The van der Waals surface area contributed by atoms with Crippen molar-refractivity contribution in [3.05, 3.63) is 29.3 Å². The molecule has 6 heteroatoms. The summed E-state index contributed by atoms with van der Waals surface area (Å²) in [5.74, 6) is 0.745. The molecular weight excluding hydrogens is 360 g/mol. The maximum Gasteiger partial charge on any atom is 0.232 e.